The van der Waals surface area contributed by atoms with Crippen LogP contribution in [0, 0.1) is 10.1 Å². The molecule has 0 unspecified atom stereocenters. The van der Waals surface area contributed by atoms with Crippen molar-refractivity contribution in [2.45, 2.75) is 6.54 Å². The number of aromatic nitrogens is 2. The Labute approximate surface area is 117 Å². The van der Waals surface area contributed by atoms with Crippen LogP contribution in [0.15, 0.2) is 6.20 Å². The molecule has 110 valence electrons. The second-order valence-electron chi connectivity index (χ2n) is 4.55. The lowest BCUT2D eigenvalue weighted by Gasteiger charge is -2.32. The maximum absolute atomic E-state index is 10.9. The molecule has 1 rings (SSSR count). The molecule has 0 fully saturated rings. The highest BCUT2D eigenvalue weighted by Gasteiger charge is 2.28. The molecule has 2 N–H and O–H groups in total. The van der Waals surface area contributed by atoms with Crippen molar-refractivity contribution in [3.8, 4) is 0 Å². The molecular weight excluding hydrogens is 276 g/mol. The summed E-state index contributed by atoms with van der Waals surface area (Å²) in [6.07, 6.45) is 1.46. The summed E-state index contributed by atoms with van der Waals surface area (Å²) in [6.45, 7) is 1.12. The van der Waals surface area contributed by atoms with Gasteiger partial charge in [-0.1, -0.05) is 5.10 Å². The van der Waals surface area contributed by atoms with Crippen LogP contribution < -0.4 is 12.4 Å². The number of rotatable bonds is 7. The van der Waals surface area contributed by atoms with Gasteiger partial charge >= 0.3 is 5.82 Å². The highest BCUT2D eigenvalue weighted by Crippen LogP contribution is 2.21. The summed E-state index contributed by atoms with van der Waals surface area (Å²) in [5.41, 5.74) is 0.506. The molecule has 0 aliphatic heterocycles. The van der Waals surface area contributed by atoms with Gasteiger partial charge in [0.1, 0.15) is 32.2 Å². The van der Waals surface area contributed by atoms with E-state index in [1.165, 1.54) is 17.9 Å². The van der Waals surface area contributed by atoms with Crippen LogP contribution in [-0.2, 0) is 13.6 Å². The molecule has 0 bridgehead atoms. The molecule has 0 aliphatic carbocycles. The predicted octanol–water partition coefficient (Wildman–Crippen LogP) is -3.74. The van der Waals surface area contributed by atoms with Gasteiger partial charge in [-0.25, -0.2) is 0 Å². The van der Waals surface area contributed by atoms with Crippen molar-refractivity contribution in [3.63, 3.8) is 0 Å². The number of aliphatic hydroxyl groups is 2. The van der Waals surface area contributed by atoms with Crippen molar-refractivity contribution in [1.82, 2.24) is 9.78 Å². The van der Waals surface area contributed by atoms with Crippen LogP contribution in [-0.4, -0.2) is 62.8 Å². The summed E-state index contributed by atoms with van der Waals surface area (Å²) in [5.74, 6) is -0.0461. The van der Waals surface area contributed by atoms with E-state index in [9.17, 15) is 10.1 Å². The van der Waals surface area contributed by atoms with E-state index in [1.807, 2.05) is 7.05 Å². The molecular formula is C10H19ClN4O4. The SMILES string of the molecule is Cn1ncc(C[N+](C)(CCO)CCO)c1[N+](=O)[O-].[Cl-]. The first-order valence-corrected chi connectivity index (χ1v) is 5.64. The summed E-state index contributed by atoms with van der Waals surface area (Å²) >= 11 is 0. The number of hydrogen-bond donors (Lipinski definition) is 2. The highest BCUT2D eigenvalue weighted by atomic mass is 35.5. The Kier molecular flexibility index (Phi) is 6.91. The average molecular weight is 295 g/mol. The largest absolute Gasteiger partial charge is 1.00 e. The van der Waals surface area contributed by atoms with Crippen LogP contribution in [0.1, 0.15) is 5.56 Å². The summed E-state index contributed by atoms with van der Waals surface area (Å²) < 4.78 is 1.55. The zero-order chi connectivity index (χ0) is 13.8. The molecule has 0 saturated heterocycles. The van der Waals surface area contributed by atoms with Crippen LogP contribution >= 0.6 is 0 Å². The highest BCUT2D eigenvalue weighted by molar-refractivity contribution is 5.30. The molecule has 1 heterocycles. The number of likely N-dealkylation sites (N-methyl/N-ethyl adjacent to an activating group) is 1. The van der Waals surface area contributed by atoms with Gasteiger partial charge in [0, 0.05) is 0 Å². The van der Waals surface area contributed by atoms with Gasteiger partial charge in [-0.15, -0.1) is 4.68 Å². The lowest BCUT2D eigenvalue weighted by atomic mass is 10.2. The first-order chi connectivity index (χ1) is 8.43. The van der Waals surface area contributed by atoms with Crippen molar-refractivity contribution in [2.75, 3.05) is 33.4 Å². The Morgan fingerprint density at radius 1 is 1.42 bits per heavy atom. The van der Waals surface area contributed by atoms with Crippen molar-refractivity contribution in [2.24, 2.45) is 7.05 Å². The maximum Gasteiger partial charge on any atom is 0.353 e. The minimum absolute atomic E-state index is 0. The molecule has 0 atom stereocenters. The van der Waals surface area contributed by atoms with Gasteiger partial charge in [0.2, 0.25) is 0 Å². The van der Waals surface area contributed by atoms with Crippen LogP contribution in [0.2, 0.25) is 0 Å². The Morgan fingerprint density at radius 2 is 1.95 bits per heavy atom. The molecule has 0 amide bonds. The molecule has 0 aliphatic rings. The molecule has 1 aromatic rings. The van der Waals surface area contributed by atoms with Crippen molar-refractivity contribution >= 4 is 5.82 Å². The van der Waals surface area contributed by atoms with E-state index in [4.69, 9.17) is 10.2 Å². The van der Waals surface area contributed by atoms with Gasteiger partial charge in [-0.05, 0) is 4.92 Å². The number of halogens is 1. The molecule has 8 nitrogen and oxygen atoms in total. The summed E-state index contributed by atoms with van der Waals surface area (Å²) in [7, 11) is 3.35. The molecule has 0 spiro atoms. The summed E-state index contributed by atoms with van der Waals surface area (Å²) in [6, 6.07) is 0. The van der Waals surface area contributed by atoms with E-state index >= 15 is 0 Å². The second kappa shape index (κ2) is 7.39. The maximum atomic E-state index is 10.9. The fraction of sp³-hybridized carbons (Fsp3) is 0.700. The fourth-order valence-corrected chi connectivity index (χ4v) is 1.99. The number of aliphatic hydroxyl groups excluding tert-OH is 2. The predicted molar refractivity (Wildman–Crippen MR) is 63.7 cm³/mol. The van der Waals surface area contributed by atoms with Gasteiger partial charge in [0.25, 0.3) is 0 Å². The Bertz CT molecular complexity index is 418. The molecule has 1 aromatic heterocycles. The van der Waals surface area contributed by atoms with Crippen molar-refractivity contribution in [3.05, 3.63) is 21.9 Å². The van der Waals surface area contributed by atoms with Crippen molar-refractivity contribution in [1.29, 1.82) is 0 Å². The topological polar surface area (TPSA) is 101 Å². The smallest absolute Gasteiger partial charge is 0.353 e. The fourth-order valence-electron chi connectivity index (χ4n) is 1.99. The standard InChI is InChI=1S/C10H19N4O4.ClH/c1-12-10(13(17)18)9(7-11-12)8-14(2,3-5-15)4-6-16;/h7,15-16H,3-6,8H2,1-2H3;1H/q+1;/p-1. The minimum atomic E-state index is -0.468. The third-order valence-corrected chi connectivity index (χ3v) is 2.99. The molecule has 0 aromatic carbocycles. The molecule has 9 heteroatoms. The van der Waals surface area contributed by atoms with E-state index in [-0.39, 0.29) is 31.4 Å². The van der Waals surface area contributed by atoms with Crippen LogP contribution in [0.5, 0.6) is 0 Å². The lowest BCUT2D eigenvalue weighted by Crippen LogP contribution is -3.00. The third kappa shape index (κ3) is 4.43. The van der Waals surface area contributed by atoms with Gasteiger partial charge in [0.15, 0.2) is 0 Å². The second-order valence-corrected chi connectivity index (χ2v) is 4.55. The van der Waals surface area contributed by atoms with Crippen LogP contribution in [0.3, 0.4) is 0 Å². The Balaban J connectivity index is 0.00000324. The Hall–Kier alpha value is -1.22. The first-order valence-electron chi connectivity index (χ1n) is 5.64. The normalized spacial score (nSPS) is 11.2. The lowest BCUT2D eigenvalue weighted by molar-refractivity contribution is -0.923. The number of nitrogens with zero attached hydrogens (tertiary/aromatic N) is 4. The summed E-state index contributed by atoms with van der Waals surface area (Å²) in [4.78, 5) is 10.5. The minimum Gasteiger partial charge on any atom is -1.00 e. The molecule has 0 saturated carbocycles. The van der Waals surface area contributed by atoms with E-state index < -0.39 is 4.92 Å². The number of hydrogen-bond acceptors (Lipinski definition) is 5. The van der Waals surface area contributed by atoms with Crippen LogP contribution in [0.4, 0.5) is 5.82 Å². The Morgan fingerprint density at radius 3 is 2.37 bits per heavy atom. The van der Waals surface area contributed by atoms with Gasteiger partial charge in [-0.3, -0.25) is 0 Å². The molecule has 19 heavy (non-hydrogen) atoms. The van der Waals surface area contributed by atoms with E-state index in [1.54, 1.807) is 0 Å². The van der Waals surface area contributed by atoms with E-state index in [0.29, 0.717) is 29.7 Å². The van der Waals surface area contributed by atoms with Crippen molar-refractivity contribution < 1.29 is 32.0 Å². The zero-order valence-corrected chi connectivity index (χ0v) is 11.7. The monoisotopic (exact) mass is 294 g/mol. The number of quaternary nitrogens is 1. The van der Waals surface area contributed by atoms with Gasteiger partial charge in [-0.2, -0.15) is 0 Å². The number of aryl methyl sites for hydroxylation is 1. The quantitative estimate of drug-likeness (QED) is 0.306. The third-order valence-electron chi connectivity index (χ3n) is 2.99. The van der Waals surface area contributed by atoms with E-state index in [0.717, 1.165) is 0 Å². The van der Waals surface area contributed by atoms with Crippen LogP contribution in [0.25, 0.3) is 0 Å². The summed E-state index contributed by atoms with van der Waals surface area (Å²) in [5, 5.41) is 32.9. The zero-order valence-electron chi connectivity index (χ0n) is 11.0. The molecule has 0 radical (unpaired) electrons. The number of nitro groups is 1. The van der Waals surface area contributed by atoms with Gasteiger partial charge < -0.3 is 37.2 Å². The average Bonchev–Trinajstić information content (AvgIpc) is 2.59. The van der Waals surface area contributed by atoms with Gasteiger partial charge in [0.05, 0.1) is 26.5 Å². The first kappa shape index (κ1) is 17.8. The van der Waals surface area contributed by atoms with E-state index in [2.05, 4.69) is 5.10 Å².